The molecule has 154 valence electrons. The van der Waals surface area contributed by atoms with Crippen LogP contribution in [0.1, 0.15) is 44.6 Å². The fourth-order valence-electron chi connectivity index (χ4n) is 2.72. The number of aryl methyl sites for hydroxylation is 1. The first-order valence-corrected chi connectivity index (χ1v) is 9.96. The molecule has 0 saturated carbocycles. The van der Waals surface area contributed by atoms with E-state index in [4.69, 9.17) is 4.74 Å². The zero-order valence-electron chi connectivity index (χ0n) is 16.8. The van der Waals surface area contributed by atoms with Crippen molar-refractivity contribution in [2.45, 2.75) is 45.4 Å². The van der Waals surface area contributed by atoms with Crippen LogP contribution in [0.25, 0.3) is 0 Å². The summed E-state index contributed by atoms with van der Waals surface area (Å²) >= 11 is 0. The lowest BCUT2D eigenvalue weighted by molar-refractivity contribution is -0.143. The number of amides is 2. The highest BCUT2D eigenvalue weighted by molar-refractivity contribution is 5.94. The minimum absolute atomic E-state index is 0.0873. The average Bonchev–Trinajstić information content (AvgIpc) is 2.72. The quantitative estimate of drug-likeness (QED) is 0.438. The first-order chi connectivity index (χ1) is 14.1. The number of esters is 1. The van der Waals surface area contributed by atoms with Crippen LogP contribution >= 0.6 is 0 Å². The van der Waals surface area contributed by atoms with Gasteiger partial charge in [0.1, 0.15) is 0 Å². The minimum Gasteiger partial charge on any atom is -0.466 e. The minimum atomic E-state index is -0.282. The van der Waals surface area contributed by atoms with Gasteiger partial charge in [0.05, 0.1) is 6.61 Å². The van der Waals surface area contributed by atoms with E-state index >= 15 is 0 Å². The maximum Gasteiger partial charge on any atom is 0.305 e. The lowest BCUT2D eigenvalue weighted by atomic mass is 10.1. The molecule has 2 amide bonds. The summed E-state index contributed by atoms with van der Waals surface area (Å²) < 4.78 is 5.22. The first kappa shape index (κ1) is 22.1. The van der Waals surface area contributed by atoms with Crippen molar-refractivity contribution in [1.82, 2.24) is 0 Å². The number of ether oxygens (including phenoxy) is 1. The van der Waals surface area contributed by atoms with Gasteiger partial charge in [-0.1, -0.05) is 43.3 Å². The molecule has 0 spiro atoms. The van der Waals surface area contributed by atoms with Crippen molar-refractivity contribution in [3.05, 3.63) is 60.2 Å². The number of hydrogen-bond acceptors (Lipinski definition) is 4. The molecule has 2 aromatic carbocycles. The standard InChI is InChI=1S/C23H28N2O4/c1-2-21(26)24-19-12-6-13-20(17-19)25-22(27)14-7-15-23(28)29-16-8-11-18-9-4-3-5-10-18/h3-6,9-10,12-13,17H,2,7-8,11,14-16H2,1H3,(H,24,26)(H,25,27). The first-order valence-electron chi connectivity index (χ1n) is 9.96. The number of benzene rings is 2. The van der Waals surface area contributed by atoms with E-state index in [0.717, 1.165) is 12.8 Å². The summed E-state index contributed by atoms with van der Waals surface area (Å²) in [4.78, 5) is 35.3. The number of anilines is 2. The second-order valence-corrected chi connectivity index (χ2v) is 6.69. The maximum absolute atomic E-state index is 12.1. The zero-order valence-corrected chi connectivity index (χ0v) is 16.8. The van der Waals surface area contributed by atoms with E-state index in [2.05, 4.69) is 10.6 Å². The molecule has 2 N–H and O–H groups in total. The van der Waals surface area contributed by atoms with Crippen LogP contribution in [0.5, 0.6) is 0 Å². The van der Waals surface area contributed by atoms with Crippen molar-refractivity contribution in [2.24, 2.45) is 0 Å². The number of hydrogen-bond donors (Lipinski definition) is 2. The largest absolute Gasteiger partial charge is 0.466 e. The molecule has 6 heteroatoms. The van der Waals surface area contributed by atoms with Gasteiger partial charge in [-0.15, -0.1) is 0 Å². The Morgan fingerprint density at radius 1 is 0.828 bits per heavy atom. The Kier molecular flexibility index (Phi) is 9.42. The number of rotatable bonds is 11. The van der Waals surface area contributed by atoms with Crippen LogP contribution in [-0.2, 0) is 25.5 Å². The van der Waals surface area contributed by atoms with Crippen LogP contribution in [0.4, 0.5) is 11.4 Å². The van der Waals surface area contributed by atoms with Crippen molar-refractivity contribution in [3.63, 3.8) is 0 Å². The molecule has 6 nitrogen and oxygen atoms in total. The number of carbonyl (C=O) groups is 3. The molecule has 0 radical (unpaired) electrons. The number of carbonyl (C=O) groups excluding carboxylic acids is 3. The van der Waals surface area contributed by atoms with Crippen molar-refractivity contribution >= 4 is 29.2 Å². The highest BCUT2D eigenvalue weighted by Gasteiger charge is 2.08. The van der Waals surface area contributed by atoms with Crippen LogP contribution in [0.15, 0.2) is 54.6 Å². The van der Waals surface area contributed by atoms with Crippen molar-refractivity contribution in [3.8, 4) is 0 Å². The molecule has 0 heterocycles. The normalized spacial score (nSPS) is 10.2. The predicted octanol–water partition coefficient (Wildman–Crippen LogP) is 4.32. The van der Waals surface area contributed by atoms with Gasteiger partial charge in [0.25, 0.3) is 0 Å². The second-order valence-electron chi connectivity index (χ2n) is 6.69. The second kappa shape index (κ2) is 12.3. The fourth-order valence-corrected chi connectivity index (χ4v) is 2.72. The van der Waals surface area contributed by atoms with Crippen LogP contribution in [-0.4, -0.2) is 24.4 Å². The Hall–Kier alpha value is -3.15. The summed E-state index contributed by atoms with van der Waals surface area (Å²) in [7, 11) is 0. The molecular weight excluding hydrogens is 368 g/mol. The van der Waals surface area contributed by atoms with Gasteiger partial charge in [0.15, 0.2) is 0 Å². The molecule has 0 saturated heterocycles. The molecule has 0 unspecified atom stereocenters. The van der Waals surface area contributed by atoms with E-state index in [1.807, 2.05) is 30.3 Å². The topological polar surface area (TPSA) is 84.5 Å². The molecule has 0 aliphatic rings. The van der Waals surface area contributed by atoms with E-state index in [-0.39, 0.29) is 30.6 Å². The van der Waals surface area contributed by atoms with Crippen molar-refractivity contribution in [2.75, 3.05) is 17.2 Å². The van der Waals surface area contributed by atoms with E-state index in [9.17, 15) is 14.4 Å². The van der Waals surface area contributed by atoms with Crippen molar-refractivity contribution < 1.29 is 19.1 Å². The van der Waals surface area contributed by atoms with Gasteiger partial charge >= 0.3 is 5.97 Å². The summed E-state index contributed by atoms with van der Waals surface area (Å²) in [6.45, 7) is 2.16. The molecule has 2 rings (SSSR count). The monoisotopic (exact) mass is 396 g/mol. The molecule has 2 aromatic rings. The summed E-state index contributed by atoms with van der Waals surface area (Å²) in [5, 5.41) is 5.52. The Labute approximate surface area is 171 Å². The van der Waals surface area contributed by atoms with Gasteiger partial charge in [-0.05, 0) is 43.0 Å². The Morgan fingerprint density at radius 2 is 1.52 bits per heavy atom. The predicted molar refractivity (Wildman–Crippen MR) is 114 cm³/mol. The average molecular weight is 396 g/mol. The molecule has 0 aromatic heterocycles. The van der Waals surface area contributed by atoms with Crippen molar-refractivity contribution in [1.29, 1.82) is 0 Å². The maximum atomic E-state index is 12.1. The lowest BCUT2D eigenvalue weighted by Gasteiger charge is -2.08. The van der Waals surface area contributed by atoms with Gasteiger partial charge in [0.2, 0.25) is 11.8 Å². The molecule has 0 bridgehead atoms. The van der Waals surface area contributed by atoms with E-state index < -0.39 is 0 Å². The smallest absolute Gasteiger partial charge is 0.305 e. The molecular formula is C23H28N2O4. The zero-order chi connectivity index (χ0) is 20.9. The van der Waals surface area contributed by atoms with Gasteiger partial charge < -0.3 is 15.4 Å². The number of nitrogens with one attached hydrogen (secondary N) is 2. The Morgan fingerprint density at radius 3 is 2.21 bits per heavy atom. The molecule has 0 aliphatic heterocycles. The van der Waals surface area contributed by atoms with Gasteiger partial charge in [-0.25, -0.2) is 0 Å². The summed E-state index contributed by atoms with van der Waals surface area (Å²) in [5.74, 6) is -0.549. The highest BCUT2D eigenvalue weighted by atomic mass is 16.5. The van der Waals surface area contributed by atoms with Crippen LogP contribution in [0.3, 0.4) is 0 Å². The highest BCUT2D eigenvalue weighted by Crippen LogP contribution is 2.16. The van der Waals surface area contributed by atoms with Crippen LogP contribution < -0.4 is 10.6 Å². The molecule has 0 fully saturated rings. The van der Waals surface area contributed by atoms with Gasteiger partial charge in [0, 0.05) is 30.6 Å². The van der Waals surface area contributed by atoms with Gasteiger partial charge in [-0.3, -0.25) is 14.4 Å². The Balaban J connectivity index is 1.60. The van der Waals surface area contributed by atoms with E-state index in [0.29, 0.717) is 30.8 Å². The SMILES string of the molecule is CCC(=O)Nc1cccc(NC(=O)CCCC(=O)OCCCc2ccccc2)c1. The van der Waals surface area contributed by atoms with Crippen LogP contribution in [0, 0.1) is 0 Å². The Bertz CT molecular complexity index is 806. The molecule has 29 heavy (non-hydrogen) atoms. The van der Waals surface area contributed by atoms with Gasteiger partial charge in [-0.2, -0.15) is 0 Å². The molecule has 0 atom stereocenters. The summed E-state index contributed by atoms with van der Waals surface area (Å²) in [6, 6.07) is 17.0. The van der Waals surface area contributed by atoms with E-state index in [1.54, 1.807) is 31.2 Å². The van der Waals surface area contributed by atoms with E-state index in [1.165, 1.54) is 5.56 Å². The van der Waals surface area contributed by atoms with Crippen LogP contribution in [0.2, 0.25) is 0 Å². The third-order valence-electron chi connectivity index (χ3n) is 4.25. The molecule has 0 aliphatic carbocycles. The fraction of sp³-hybridized carbons (Fsp3) is 0.348. The lowest BCUT2D eigenvalue weighted by Crippen LogP contribution is -2.14. The summed E-state index contributed by atoms with van der Waals surface area (Å²) in [6.07, 6.45) is 2.90. The third kappa shape index (κ3) is 9.06. The summed E-state index contributed by atoms with van der Waals surface area (Å²) in [5.41, 5.74) is 2.46. The third-order valence-corrected chi connectivity index (χ3v) is 4.25.